The lowest BCUT2D eigenvalue weighted by Crippen LogP contribution is -2.31. The Kier molecular flexibility index (Phi) is 6.27. The van der Waals surface area contributed by atoms with Gasteiger partial charge < -0.3 is 4.74 Å². The Hall–Kier alpha value is -3.12. The van der Waals surface area contributed by atoms with Gasteiger partial charge in [0.05, 0.1) is 22.7 Å². The summed E-state index contributed by atoms with van der Waals surface area (Å²) in [5.74, 6) is -0.499. The number of hydrogen-bond acceptors (Lipinski definition) is 4. The maximum Gasteiger partial charge on any atom is 0.338 e. The van der Waals surface area contributed by atoms with Crippen LogP contribution in [0.3, 0.4) is 0 Å². The fraction of sp³-hybridized carbons (Fsp3) is 0.208. The molecule has 5 nitrogen and oxygen atoms in total. The van der Waals surface area contributed by atoms with Gasteiger partial charge >= 0.3 is 5.97 Å². The van der Waals surface area contributed by atoms with Crippen molar-refractivity contribution in [3.63, 3.8) is 0 Å². The van der Waals surface area contributed by atoms with Gasteiger partial charge in [-0.3, -0.25) is 4.31 Å². The van der Waals surface area contributed by atoms with E-state index < -0.39 is 21.6 Å². The van der Waals surface area contributed by atoms with Crippen molar-refractivity contribution in [1.29, 1.82) is 0 Å². The molecule has 0 fully saturated rings. The molecule has 0 saturated carbocycles. The molecule has 30 heavy (non-hydrogen) atoms. The number of carbonyl (C=O) groups excluding carboxylic acids is 1. The number of benzene rings is 3. The second-order valence-corrected chi connectivity index (χ2v) is 9.72. The van der Waals surface area contributed by atoms with E-state index in [9.17, 15) is 13.2 Å². The van der Waals surface area contributed by atoms with Crippen molar-refractivity contribution >= 4 is 21.7 Å². The predicted molar refractivity (Wildman–Crippen MR) is 118 cm³/mol. The van der Waals surface area contributed by atoms with E-state index in [1.807, 2.05) is 30.3 Å². The van der Waals surface area contributed by atoms with Crippen LogP contribution in [-0.2, 0) is 21.3 Å². The molecule has 6 heteroatoms. The molecule has 0 spiro atoms. The summed E-state index contributed by atoms with van der Waals surface area (Å²) in [6.07, 6.45) is 0. The number of hydrogen-bond donors (Lipinski definition) is 0. The Balaban J connectivity index is 2.05. The standard InChI is InChI=1S/C24H25NO4S/c1-24(2,3)29-23(26)20-13-10-14-21(17-20)25(18-19-11-6-4-7-12-19)30(27,28)22-15-8-5-9-16-22/h4-17H,18H2,1-3H3. The van der Waals surface area contributed by atoms with Crippen LogP contribution in [0.15, 0.2) is 89.8 Å². The molecule has 0 aliphatic rings. The van der Waals surface area contributed by atoms with Crippen LogP contribution < -0.4 is 4.31 Å². The summed E-state index contributed by atoms with van der Waals surface area (Å²) >= 11 is 0. The minimum Gasteiger partial charge on any atom is -0.456 e. The number of anilines is 1. The Morgan fingerprint density at radius 1 is 0.867 bits per heavy atom. The van der Waals surface area contributed by atoms with Crippen molar-refractivity contribution in [2.24, 2.45) is 0 Å². The predicted octanol–water partition coefficient (Wildman–Crippen LogP) is 5.04. The van der Waals surface area contributed by atoms with Crippen LogP contribution in [-0.4, -0.2) is 20.0 Å². The van der Waals surface area contributed by atoms with Crippen LogP contribution in [0, 0.1) is 0 Å². The Labute approximate surface area is 178 Å². The Morgan fingerprint density at radius 3 is 2.07 bits per heavy atom. The SMILES string of the molecule is CC(C)(C)OC(=O)c1cccc(N(Cc2ccccc2)S(=O)(=O)c2ccccc2)c1. The zero-order chi connectivity index (χ0) is 21.8. The molecule has 0 unspecified atom stereocenters. The fourth-order valence-corrected chi connectivity index (χ4v) is 4.37. The topological polar surface area (TPSA) is 63.7 Å². The largest absolute Gasteiger partial charge is 0.456 e. The summed E-state index contributed by atoms with van der Waals surface area (Å²) < 4.78 is 33.7. The van der Waals surface area contributed by atoms with Crippen molar-refractivity contribution in [3.8, 4) is 0 Å². The average molecular weight is 424 g/mol. The number of esters is 1. The minimum atomic E-state index is -3.85. The first-order valence-corrected chi connectivity index (χ1v) is 11.1. The van der Waals surface area contributed by atoms with Gasteiger partial charge in [0.15, 0.2) is 0 Å². The van der Waals surface area contributed by atoms with Crippen LogP contribution in [0.1, 0.15) is 36.7 Å². The van der Waals surface area contributed by atoms with E-state index in [2.05, 4.69) is 0 Å². The Morgan fingerprint density at radius 2 is 1.47 bits per heavy atom. The first kappa shape index (κ1) is 21.6. The third kappa shape index (κ3) is 5.27. The van der Waals surface area contributed by atoms with E-state index >= 15 is 0 Å². The van der Waals surface area contributed by atoms with E-state index in [0.717, 1.165) is 5.56 Å². The van der Waals surface area contributed by atoms with E-state index in [-0.39, 0.29) is 11.4 Å². The van der Waals surface area contributed by atoms with Crippen molar-refractivity contribution in [3.05, 3.63) is 96.1 Å². The monoisotopic (exact) mass is 423 g/mol. The van der Waals surface area contributed by atoms with Gasteiger partial charge in [-0.1, -0.05) is 54.6 Å². The van der Waals surface area contributed by atoms with E-state index in [1.54, 1.807) is 75.4 Å². The molecular formula is C24H25NO4S. The van der Waals surface area contributed by atoms with Crippen molar-refractivity contribution in [2.45, 2.75) is 37.8 Å². The number of carbonyl (C=O) groups is 1. The highest BCUT2D eigenvalue weighted by atomic mass is 32.2. The molecule has 0 N–H and O–H groups in total. The molecule has 156 valence electrons. The van der Waals surface area contributed by atoms with Gasteiger partial charge in [-0.2, -0.15) is 0 Å². The van der Waals surface area contributed by atoms with Gasteiger partial charge in [-0.15, -0.1) is 0 Å². The molecule has 0 atom stereocenters. The number of ether oxygens (including phenoxy) is 1. The van der Waals surface area contributed by atoms with Gasteiger partial charge in [0, 0.05) is 0 Å². The third-order valence-electron chi connectivity index (χ3n) is 4.27. The van der Waals surface area contributed by atoms with Gasteiger partial charge in [-0.05, 0) is 56.7 Å². The van der Waals surface area contributed by atoms with Gasteiger partial charge in [0.25, 0.3) is 10.0 Å². The summed E-state index contributed by atoms with van der Waals surface area (Å²) in [6, 6.07) is 24.1. The molecule has 3 rings (SSSR count). The third-order valence-corrected chi connectivity index (χ3v) is 6.06. The van der Waals surface area contributed by atoms with Crippen molar-refractivity contribution in [1.82, 2.24) is 0 Å². The summed E-state index contributed by atoms with van der Waals surface area (Å²) in [5, 5.41) is 0. The fourth-order valence-electron chi connectivity index (χ4n) is 2.91. The summed E-state index contributed by atoms with van der Waals surface area (Å²) in [7, 11) is -3.85. The second kappa shape index (κ2) is 8.71. The number of nitrogens with zero attached hydrogens (tertiary/aromatic N) is 1. The first-order valence-electron chi connectivity index (χ1n) is 9.62. The molecule has 0 heterocycles. The van der Waals surface area contributed by atoms with Gasteiger partial charge in [0.2, 0.25) is 0 Å². The lowest BCUT2D eigenvalue weighted by molar-refractivity contribution is 0.00695. The second-order valence-electron chi connectivity index (χ2n) is 7.86. The van der Waals surface area contributed by atoms with Gasteiger partial charge in [0.1, 0.15) is 5.60 Å². The van der Waals surface area contributed by atoms with Crippen LogP contribution in [0.4, 0.5) is 5.69 Å². The van der Waals surface area contributed by atoms with Crippen LogP contribution in [0.25, 0.3) is 0 Å². The lowest BCUT2D eigenvalue weighted by atomic mass is 10.1. The van der Waals surface area contributed by atoms with Crippen LogP contribution in [0.5, 0.6) is 0 Å². The van der Waals surface area contributed by atoms with Crippen molar-refractivity contribution < 1.29 is 17.9 Å². The normalized spacial score (nSPS) is 11.7. The van der Waals surface area contributed by atoms with E-state index in [1.165, 1.54) is 4.31 Å². The smallest absolute Gasteiger partial charge is 0.338 e. The molecule has 0 aliphatic heterocycles. The number of rotatable bonds is 6. The molecule has 0 aliphatic carbocycles. The molecular weight excluding hydrogens is 398 g/mol. The average Bonchev–Trinajstić information content (AvgIpc) is 2.72. The summed E-state index contributed by atoms with van der Waals surface area (Å²) in [5.41, 5.74) is 0.877. The van der Waals surface area contributed by atoms with Crippen LogP contribution >= 0.6 is 0 Å². The maximum atomic E-state index is 13.5. The highest BCUT2D eigenvalue weighted by Gasteiger charge is 2.26. The summed E-state index contributed by atoms with van der Waals surface area (Å²) in [6.45, 7) is 5.50. The molecule has 0 aromatic heterocycles. The molecule has 0 radical (unpaired) electrons. The Bertz CT molecular complexity index is 1100. The van der Waals surface area contributed by atoms with Crippen LogP contribution in [0.2, 0.25) is 0 Å². The van der Waals surface area contributed by atoms with E-state index in [4.69, 9.17) is 4.74 Å². The first-order chi connectivity index (χ1) is 14.2. The highest BCUT2D eigenvalue weighted by Crippen LogP contribution is 2.27. The number of sulfonamides is 1. The quantitative estimate of drug-likeness (QED) is 0.521. The highest BCUT2D eigenvalue weighted by molar-refractivity contribution is 7.92. The zero-order valence-electron chi connectivity index (χ0n) is 17.3. The lowest BCUT2D eigenvalue weighted by Gasteiger charge is -2.25. The molecule has 0 amide bonds. The molecule has 0 bridgehead atoms. The minimum absolute atomic E-state index is 0.135. The van der Waals surface area contributed by atoms with Gasteiger partial charge in [-0.25, -0.2) is 13.2 Å². The van der Waals surface area contributed by atoms with Crippen molar-refractivity contribution in [2.75, 3.05) is 4.31 Å². The van der Waals surface area contributed by atoms with E-state index in [0.29, 0.717) is 11.3 Å². The molecule has 0 saturated heterocycles. The zero-order valence-corrected chi connectivity index (χ0v) is 18.1. The summed E-state index contributed by atoms with van der Waals surface area (Å²) in [4.78, 5) is 12.7. The maximum absolute atomic E-state index is 13.5. The molecule has 3 aromatic rings. The molecule has 3 aromatic carbocycles.